The smallest absolute Gasteiger partial charge is 0.263 e. The third-order valence-electron chi connectivity index (χ3n) is 4.93. The highest BCUT2D eigenvalue weighted by molar-refractivity contribution is 7.17. The van der Waals surface area contributed by atoms with Crippen molar-refractivity contribution in [3.63, 3.8) is 0 Å². The van der Waals surface area contributed by atoms with Gasteiger partial charge in [0.1, 0.15) is 15.6 Å². The minimum Gasteiger partial charge on any atom is -0.468 e. The van der Waals surface area contributed by atoms with E-state index in [1.165, 1.54) is 24.2 Å². The van der Waals surface area contributed by atoms with Crippen LogP contribution >= 0.6 is 11.3 Å². The number of amides is 1. The van der Waals surface area contributed by atoms with E-state index in [-0.39, 0.29) is 11.9 Å². The Morgan fingerprint density at radius 3 is 2.70 bits per heavy atom. The van der Waals surface area contributed by atoms with Gasteiger partial charge >= 0.3 is 0 Å². The number of carbonyl (C=O) groups is 1. The van der Waals surface area contributed by atoms with Gasteiger partial charge in [-0.3, -0.25) is 9.69 Å². The van der Waals surface area contributed by atoms with Gasteiger partial charge in [0.2, 0.25) is 0 Å². The number of furan rings is 1. The summed E-state index contributed by atoms with van der Waals surface area (Å²) in [5, 5.41) is 3.98. The van der Waals surface area contributed by atoms with E-state index in [1.807, 2.05) is 49.4 Å². The first-order valence-electron chi connectivity index (χ1n) is 9.31. The monoisotopic (exact) mass is 381 g/mol. The van der Waals surface area contributed by atoms with Gasteiger partial charge in [0.25, 0.3) is 5.91 Å². The zero-order valence-corrected chi connectivity index (χ0v) is 16.2. The Kier molecular flexibility index (Phi) is 5.36. The molecule has 1 atom stereocenters. The number of aromatic nitrogens is 1. The van der Waals surface area contributed by atoms with Gasteiger partial charge < -0.3 is 9.73 Å². The lowest BCUT2D eigenvalue weighted by molar-refractivity contribution is 0.0937. The van der Waals surface area contributed by atoms with Gasteiger partial charge in [-0.15, -0.1) is 11.3 Å². The fraction of sp³-hybridized carbons (Fsp3) is 0.333. The summed E-state index contributed by atoms with van der Waals surface area (Å²) in [6.45, 7) is 4.50. The molecule has 1 aliphatic rings. The maximum absolute atomic E-state index is 12.8. The van der Waals surface area contributed by atoms with Gasteiger partial charge in [0.15, 0.2) is 0 Å². The minimum absolute atomic E-state index is 0.0667. The fourth-order valence-electron chi connectivity index (χ4n) is 3.52. The standard InChI is InChI=1S/C21H23N3O2S/c1-15-19(27-21(23-15)16-8-3-2-4-9-16)20(25)22-14-17(18-10-7-13-26-18)24-11-5-6-12-24/h2-4,7-10,13,17H,5-6,11-12,14H2,1H3,(H,22,25)/t17-/m0/s1. The number of rotatable bonds is 6. The van der Waals surface area contributed by atoms with E-state index in [9.17, 15) is 4.79 Å². The van der Waals surface area contributed by atoms with Crippen LogP contribution in [-0.4, -0.2) is 35.4 Å². The van der Waals surface area contributed by atoms with Crippen molar-refractivity contribution in [2.24, 2.45) is 0 Å². The molecule has 0 spiro atoms. The predicted octanol–water partition coefficient (Wildman–Crippen LogP) is 4.28. The number of thiazole rings is 1. The summed E-state index contributed by atoms with van der Waals surface area (Å²) >= 11 is 1.44. The molecule has 0 radical (unpaired) electrons. The van der Waals surface area contributed by atoms with Crippen molar-refractivity contribution in [2.75, 3.05) is 19.6 Å². The molecule has 1 aromatic carbocycles. The molecule has 4 rings (SSSR count). The summed E-state index contributed by atoms with van der Waals surface area (Å²) in [7, 11) is 0. The second kappa shape index (κ2) is 8.06. The average Bonchev–Trinajstić information content (AvgIpc) is 3.45. The highest BCUT2D eigenvalue weighted by atomic mass is 32.1. The van der Waals surface area contributed by atoms with Crippen molar-refractivity contribution in [2.45, 2.75) is 25.8 Å². The molecule has 3 aromatic rings. The maximum Gasteiger partial charge on any atom is 0.263 e. The molecule has 1 amide bonds. The van der Waals surface area contributed by atoms with E-state index in [0.29, 0.717) is 11.4 Å². The van der Waals surface area contributed by atoms with Crippen LogP contribution in [0.15, 0.2) is 53.1 Å². The zero-order chi connectivity index (χ0) is 18.6. The number of carbonyl (C=O) groups excluding carboxylic acids is 1. The Morgan fingerprint density at radius 2 is 2.00 bits per heavy atom. The van der Waals surface area contributed by atoms with Crippen LogP contribution in [0, 0.1) is 6.92 Å². The van der Waals surface area contributed by atoms with Crippen LogP contribution in [0.3, 0.4) is 0 Å². The van der Waals surface area contributed by atoms with Crippen molar-refractivity contribution in [1.29, 1.82) is 0 Å². The Morgan fingerprint density at radius 1 is 1.22 bits per heavy atom. The lowest BCUT2D eigenvalue weighted by Crippen LogP contribution is -2.36. The summed E-state index contributed by atoms with van der Waals surface area (Å²) in [4.78, 5) is 20.5. The predicted molar refractivity (Wildman–Crippen MR) is 107 cm³/mol. The molecular weight excluding hydrogens is 358 g/mol. The summed E-state index contributed by atoms with van der Waals surface area (Å²) in [5.74, 6) is 0.839. The molecule has 0 saturated carbocycles. The van der Waals surface area contributed by atoms with Crippen LogP contribution in [-0.2, 0) is 0 Å². The van der Waals surface area contributed by atoms with Crippen LogP contribution in [0.1, 0.15) is 40.0 Å². The van der Waals surface area contributed by atoms with Crippen LogP contribution < -0.4 is 5.32 Å². The first kappa shape index (κ1) is 17.9. The highest BCUT2D eigenvalue weighted by Crippen LogP contribution is 2.28. The Bertz CT molecular complexity index is 884. The van der Waals surface area contributed by atoms with Crippen molar-refractivity contribution >= 4 is 17.2 Å². The molecule has 6 heteroatoms. The summed E-state index contributed by atoms with van der Waals surface area (Å²) in [5.41, 5.74) is 1.81. The van der Waals surface area contributed by atoms with Crippen LogP contribution in [0.5, 0.6) is 0 Å². The van der Waals surface area contributed by atoms with Crippen LogP contribution in [0.2, 0.25) is 0 Å². The molecule has 27 heavy (non-hydrogen) atoms. The second-order valence-corrected chi connectivity index (χ2v) is 7.78. The normalized spacial score (nSPS) is 15.7. The largest absolute Gasteiger partial charge is 0.468 e. The molecule has 1 fully saturated rings. The number of aryl methyl sites for hydroxylation is 1. The topological polar surface area (TPSA) is 58.4 Å². The molecule has 2 aromatic heterocycles. The Labute approximate surface area is 163 Å². The quantitative estimate of drug-likeness (QED) is 0.692. The fourth-order valence-corrected chi connectivity index (χ4v) is 4.51. The Balaban J connectivity index is 1.48. The van der Waals surface area contributed by atoms with E-state index in [0.717, 1.165) is 35.1 Å². The summed E-state index contributed by atoms with van der Waals surface area (Å²) in [6, 6.07) is 13.9. The van der Waals surface area contributed by atoms with Crippen molar-refractivity contribution < 1.29 is 9.21 Å². The van der Waals surface area contributed by atoms with Crippen molar-refractivity contribution in [1.82, 2.24) is 15.2 Å². The molecule has 1 saturated heterocycles. The van der Waals surface area contributed by atoms with Crippen LogP contribution in [0.4, 0.5) is 0 Å². The average molecular weight is 382 g/mol. The summed E-state index contributed by atoms with van der Waals surface area (Å²) < 4.78 is 5.63. The molecule has 5 nitrogen and oxygen atoms in total. The van der Waals surface area contributed by atoms with Gasteiger partial charge in [-0.1, -0.05) is 30.3 Å². The first-order chi connectivity index (χ1) is 13.2. The van der Waals surface area contributed by atoms with E-state index in [1.54, 1.807) is 6.26 Å². The molecule has 0 aliphatic carbocycles. The molecule has 3 heterocycles. The highest BCUT2D eigenvalue weighted by Gasteiger charge is 2.26. The lowest BCUT2D eigenvalue weighted by atomic mass is 10.2. The number of likely N-dealkylation sites (tertiary alicyclic amines) is 1. The van der Waals surface area contributed by atoms with Crippen molar-refractivity contribution in [3.05, 3.63) is 65.1 Å². The number of nitrogens with zero attached hydrogens (tertiary/aromatic N) is 2. The first-order valence-corrected chi connectivity index (χ1v) is 10.1. The molecule has 140 valence electrons. The van der Waals surface area contributed by atoms with Crippen molar-refractivity contribution in [3.8, 4) is 10.6 Å². The number of hydrogen-bond acceptors (Lipinski definition) is 5. The molecular formula is C21H23N3O2S. The third-order valence-corrected chi connectivity index (χ3v) is 6.14. The number of benzene rings is 1. The zero-order valence-electron chi connectivity index (χ0n) is 15.4. The van der Waals surface area contributed by atoms with Gasteiger partial charge in [-0.25, -0.2) is 4.98 Å². The minimum atomic E-state index is -0.0667. The lowest BCUT2D eigenvalue weighted by Gasteiger charge is -2.25. The SMILES string of the molecule is Cc1nc(-c2ccccc2)sc1C(=O)NC[C@@H](c1ccco1)N1CCCC1. The van der Waals surface area contributed by atoms with E-state index >= 15 is 0 Å². The van der Waals surface area contributed by atoms with E-state index in [2.05, 4.69) is 15.2 Å². The van der Waals surface area contributed by atoms with Gasteiger partial charge in [-0.2, -0.15) is 0 Å². The third kappa shape index (κ3) is 3.96. The van der Waals surface area contributed by atoms with E-state index in [4.69, 9.17) is 4.42 Å². The molecule has 1 aliphatic heterocycles. The second-order valence-electron chi connectivity index (χ2n) is 6.78. The Hall–Kier alpha value is -2.44. The maximum atomic E-state index is 12.8. The molecule has 1 N–H and O–H groups in total. The number of hydrogen-bond donors (Lipinski definition) is 1. The van der Waals surface area contributed by atoms with Crippen LogP contribution in [0.25, 0.3) is 10.6 Å². The number of nitrogens with one attached hydrogen (secondary N) is 1. The summed E-state index contributed by atoms with van der Waals surface area (Å²) in [6.07, 6.45) is 4.08. The van der Waals surface area contributed by atoms with E-state index < -0.39 is 0 Å². The van der Waals surface area contributed by atoms with Gasteiger partial charge in [0, 0.05) is 12.1 Å². The molecule has 0 bridgehead atoms. The van der Waals surface area contributed by atoms with Gasteiger partial charge in [-0.05, 0) is 45.0 Å². The molecule has 0 unspecified atom stereocenters. The van der Waals surface area contributed by atoms with Gasteiger partial charge in [0.05, 0.1) is 18.0 Å².